The first-order chi connectivity index (χ1) is 13.0. The van der Waals surface area contributed by atoms with E-state index in [2.05, 4.69) is 23.3 Å². The van der Waals surface area contributed by atoms with E-state index >= 15 is 0 Å². The molecule has 1 atom stereocenters. The van der Waals surface area contributed by atoms with Crippen molar-refractivity contribution in [2.24, 2.45) is 0 Å². The Kier molecular flexibility index (Phi) is 4.40. The molecule has 140 valence electrons. The molecule has 2 N–H and O–H groups in total. The summed E-state index contributed by atoms with van der Waals surface area (Å²) in [7, 11) is 3.27. The number of fused-ring (bicyclic) bond motifs is 2. The zero-order valence-electron chi connectivity index (χ0n) is 16.1. The molecule has 0 amide bonds. The Morgan fingerprint density at radius 1 is 0.963 bits per heavy atom. The highest BCUT2D eigenvalue weighted by molar-refractivity contribution is 5.85. The minimum Gasteiger partial charge on any atom is -0.493 e. The van der Waals surface area contributed by atoms with Crippen LogP contribution in [0.3, 0.4) is 0 Å². The van der Waals surface area contributed by atoms with E-state index in [9.17, 15) is 4.79 Å². The number of methoxy groups -OCH3 is 2. The molecule has 5 heteroatoms. The van der Waals surface area contributed by atoms with E-state index in [-0.39, 0.29) is 11.6 Å². The standard InChI is InChI=1S/C22H24N2O3/c1-12-5-6-13(2)20-15(12)10-17(22(25)24-20)21-16-11-19(27-4)18(26-3)9-14(16)7-8-23-21/h5-6,9-11,21,23H,7-8H2,1-4H3,(H,24,25)/t21-/m0/s1. The van der Waals surface area contributed by atoms with Gasteiger partial charge in [-0.15, -0.1) is 0 Å². The number of pyridine rings is 1. The third-order valence-corrected chi connectivity index (χ3v) is 5.48. The van der Waals surface area contributed by atoms with Crippen LogP contribution in [0.1, 0.15) is 33.9 Å². The number of aromatic nitrogens is 1. The van der Waals surface area contributed by atoms with Gasteiger partial charge in [0.15, 0.2) is 11.5 Å². The number of hydrogen-bond donors (Lipinski definition) is 2. The average molecular weight is 364 g/mol. The molecule has 0 bridgehead atoms. The number of rotatable bonds is 3. The highest BCUT2D eigenvalue weighted by Gasteiger charge is 2.26. The molecule has 1 aliphatic rings. The van der Waals surface area contributed by atoms with Crippen molar-refractivity contribution in [3.8, 4) is 11.5 Å². The lowest BCUT2D eigenvalue weighted by Gasteiger charge is -2.28. The van der Waals surface area contributed by atoms with Crippen LogP contribution in [0.2, 0.25) is 0 Å². The monoisotopic (exact) mass is 364 g/mol. The molecule has 0 unspecified atom stereocenters. The molecule has 0 saturated heterocycles. The molecule has 0 spiro atoms. The van der Waals surface area contributed by atoms with E-state index in [0.717, 1.165) is 51.9 Å². The molecule has 5 nitrogen and oxygen atoms in total. The molecule has 4 rings (SSSR count). The number of nitrogens with one attached hydrogen (secondary N) is 2. The third kappa shape index (κ3) is 2.88. The van der Waals surface area contributed by atoms with Gasteiger partial charge in [-0.05, 0) is 60.7 Å². The fourth-order valence-corrected chi connectivity index (χ4v) is 3.97. The summed E-state index contributed by atoms with van der Waals surface area (Å²) in [4.78, 5) is 16.0. The summed E-state index contributed by atoms with van der Waals surface area (Å²) >= 11 is 0. The van der Waals surface area contributed by atoms with Crippen LogP contribution in [0.5, 0.6) is 11.5 Å². The normalized spacial score (nSPS) is 16.2. The quantitative estimate of drug-likeness (QED) is 0.748. The second-order valence-corrected chi connectivity index (χ2v) is 7.08. The highest BCUT2D eigenvalue weighted by atomic mass is 16.5. The van der Waals surface area contributed by atoms with Crippen LogP contribution >= 0.6 is 0 Å². The molecule has 0 aliphatic carbocycles. The predicted molar refractivity (Wildman–Crippen MR) is 107 cm³/mol. The molecular formula is C22H24N2O3. The zero-order valence-corrected chi connectivity index (χ0v) is 16.1. The summed E-state index contributed by atoms with van der Waals surface area (Å²) in [6, 6.07) is 9.99. The number of hydrogen-bond acceptors (Lipinski definition) is 4. The van der Waals surface area contributed by atoms with E-state index in [1.807, 2.05) is 31.2 Å². The number of benzene rings is 2. The maximum atomic E-state index is 12.9. The summed E-state index contributed by atoms with van der Waals surface area (Å²) in [5.74, 6) is 1.39. The SMILES string of the molecule is COc1cc2c(cc1OC)[C@@H](c1cc3c(C)ccc(C)c3[nH]c1=O)NCC2. The van der Waals surface area contributed by atoms with E-state index in [1.165, 1.54) is 5.56 Å². The minimum atomic E-state index is -0.179. The molecular weight excluding hydrogens is 340 g/mol. The Hall–Kier alpha value is -2.79. The van der Waals surface area contributed by atoms with Gasteiger partial charge in [0.1, 0.15) is 0 Å². The van der Waals surface area contributed by atoms with Crippen molar-refractivity contribution in [2.75, 3.05) is 20.8 Å². The maximum absolute atomic E-state index is 12.9. The first-order valence-electron chi connectivity index (χ1n) is 9.14. The van der Waals surface area contributed by atoms with Crippen molar-refractivity contribution in [1.82, 2.24) is 10.3 Å². The Morgan fingerprint density at radius 3 is 2.41 bits per heavy atom. The topological polar surface area (TPSA) is 63.4 Å². The van der Waals surface area contributed by atoms with E-state index in [4.69, 9.17) is 9.47 Å². The molecule has 2 heterocycles. The molecule has 0 radical (unpaired) electrons. The van der Waals surface area contributed by atoms with Crippen molar-refractivity contribution < 1.29 is 9.47 Å². The average Bonchev–Trinajstić information content (AvgIpc) is 2.69. The van der Waals surface area contributed by atoms with Crippen molar-refractivity contribution in [3.05, 3.63) is 68.5 Å². The summed E-state index contributed by atoms with van der Waals surface area (Å²) in [5.41, 5.74) is 6.04. The van der Waals surface area contributed by atoms with Crippen molar-refractivity contribution in [3.63, 3.8) is 0 Å². The number of aryl methyl sites for hydroxylation is 2. The van der Waals surface area contributed by atoms with Crippen LogP contribution in [-0.2, 0) is 6.42 Å². The van der Waals surface area contributed by atoms with Gasteiger partial charge in [-0.2, -0.15) is 0 Å². The van der Waals surface area contributed by atoms with Crippen molar-refractivity contribution in [1.29, 1.82) is 0 Å². The molecule has 0 fully saturated rings. The van der Waals surface area contributed by atoms with Crippen molar-refractivity contribution in [2.45, 2.75) is 26.3 Å². The van der Waals surface area contributed by atoms with Gasteiger partial charge in [0.2, 0.25) is 0 Å². The van der Waals surface area contributed by atoms with Crippen LogP contribution in [0.4, 0.5) is 0 Å². The van der Waals surface area contributed by atoms with Crippen molar-refractivity contribution >= 4 is 10.9 Å². The predicted octanol–water partition coefficient (Wildman–Crippen LogP) is 3.40. The Balaban J connectivity index is 1.92. The van der Waals surface area contributed by atoms with E-state index in [1.54, 1.807) is 14.2 Å². The van der Waals surface area contributed by atoms with Gasteiger partial charge in [0, 0.05) is 17.5 Å². The highest BCUT2D eigenvalue weighted by Crippen LogP contribution is 2.37. The lowest BCUT2D eigenvalue weighted by atomic mass is 9.89. The molecule has 1 aliphatic heterocycles. The van der Waals surface area contributed by atoms with Gasteiger partial charge in [0.25, 0.3) is 5.56 Å². The second kappa shape index (κ2) is 6.74. The summed E-state index contributed by atoms with van der Waals surface area (Å²) in [6.07, 6.45) is 0.885. The van der Waals surface area contributed by atoms with E-state index < -0.39 is 0 Å². The van der Waals surface area contributed by atoms with Gasteiger partial charge < -0.3 is 19.8 Å². The zero-order chi connectivity index (χ0) is 19.1. The first-order valence-corrected chi connectivity index (χ1v) is 9.14. The van der Waals surface area contributed by atoms with Gasteiger partial charge in [-0.3, -0.25) is 4.79 Å². The van der Waals surface area contributed by atoms with Crippen LogP contribution in [0.25, 0.3) is 10.9 Å². The van der Waals surface area contributed by atoms with Crippen LogP contribution in [0.15, 0.2) is 35.1 Å². The minimum absolute atomic E-state index is 0.0589. The number of H-pyrrole nitrogens is 1. The molecule has 1 aromatic heterocycles. The maximum Gasteiger partial charge on any atom is 0.253 e. The summed E-state index contributed by atoms with van der Waals surface area (Å²) < 4.78 is 10.9. The Labute approximate surface area is 158 Å². The fourth-order valence-electron chi connectivity index (χ4n) is 3.97. The third-order valence-electron chi connectivity index (χ3n) is 5.48. The number of aromatic amines is 1. The Bertz CT molecular complexity index is 1090. The first kappa shape index (κ1) is 17.6. The second-order valence-electron chi connectivity index (χ2n) is 7.08. The Morgan fingerprint density at radius 2 is 1.67 bits per heavy atom. The fraction of sp³-hybridized carbons (Fsp3) is 0.318. The van der Waals surface area contributed by atoms with Crippen LogP contribution < -0.4 is 20.3 Å². The number of ether oxygens (including phenoxy) is 2. The van der Waals surface area contributed by atoms with Crippen LogP contribution in [-0.4, -0.2) is 25.7 Å². The van der Waals surface area contributed by atoms with Gasteiger partial charge in [0.05, 0.1) is 25.8 Å². The molecule has 27 heavy (non-hydrogen) atoms. The summed E-state index contributed by atoms with van der Waals surface area (Å²) in [5, 5.41) is 4.59. The van der Waals surface area contributed by atoms with Gasteiger partial charge >= 0.3 is 0 Å². The lowest BCUT2D eigenvalue weighted by molar-refractivity contribution is 0.353. The molecule has 0 saturated carbocycles. The molecule has 2 aromatic carbocycles. The smallest absolute Gasteiger partial charge is 0.253 e. The molecule has 3 aromatic rings. The van der Waals surface area contributed by atoms with Crippen LogP contribution in [0, 0.1) is 13.8 Å². The van der Waals surface area contributed by atoms with Gasteiger partial charge in [-0.25, -0.2) is 0 Å². The van der Waals surface area contributed by atoms with E-state index in [0.29, 0.717) is 5.75 Å². The largest absolute Gasteiger partial charge is 0.493 e. The lowest BCUT2D eigenvalue weighted by Crippen LogP contribution is -2.34. The summed E-state index contributed by atoms with van der Waals surface area (Å²) in [6.45, 7) is 4.89. The van der Waals surface area contributed by atoms with Gasteiger partial charge in [-0.1, -0.05) is 12.1 Å².